The van der Waals surface area contributed by atoms with Crippen LogP contribution >= 0.6 is 0 Å². The molecule has 2 unspecified atom stereocenters. The lowest BCUT2D eigenvalue weighted by Crippen LogP contribution is -2.26. The molecular formula is C10H17NO3. The molecule has 2 aliphatic heterocycles. The van der Waals surface area contributed by atoms with E-state index < -0.39 is 0 Å². The molecule has 2 saturated heterocycles. The van der Waals surface area contributed by atoms with Gasteiger partial charge in [-0.05, 0) is 32.4 Å². The Morgan fingerprint density at radius 2 is 2.21 bits per heavy atom. The van der Waals surface area contributed by atoms with Crippen molar-refractivity contribution >= 4 is 5.97 Å². The van der Waals surface area contributed by atoms with Crippen molar-refractivity contribution in [2.75, 3.05) is 19.7 Å². The number of hydrogen-bond acceptors (Lipinski definition) is 4. The van der Waals surface area contributed by atoms with Crippen molar-refractivity contribution in [1.82, 2.24) is 5.32 Å². The summed E-state index contributed by atoms with van der Waals surface area (Å²) in [6.07, 6.45) is 3.86. The largest absolute Gasteiger partial charge is 0.464 e. The van der Waals surface area contributed by atoms with Crippen molar-refractivity contribution < 1.29 is 14.3 Å². The van der Waals surface area contributed by atoms with Crippen molar-refractivity contribution in [3.63, 3.8) is 0 Å². The highest BCUT2D eigenvalue weighted by Gasteiger charge is 2.30. The van der Waals surface area contributed by atoms with Crippen molar-refractivity contribution in [3.8, 4) is 0 Å². The van der Waals surface area contributed by atoms with Crippen LogP contribution in [0, 0.1) is 0 Å². The normalized spacial score (nSPS) is 33.9. The van der Waals surface area contributed by atoms with E-state index in [0.29, 0.717) is 6.61 Å². The van der Waals surface area contributed by atoms with Gasteiger partial charge in [-0.15, -0.1) is 0 Å². The minimum Gasteiger partial charge on any atom is -0.464 e. The molecule has 0 spiro atoms. The van der Waals surface area contributed by atoms with Crippen LogP contribution in [0.2, 0.25) is 0 Å². The van der Waals surface area contributed by atoms with Crippen LogP contribution < -0.4 is 5.32 Å². The highest BCUT2D eigenvalue weighted by atomic mass is 16.6. The van der Waals surface area contributed by atoms with Gasteiger partial charge in [-0.2, -0.15) is 0 Å². The van der Waals surface area contributed by atoms with Crippen LogP contribution in [-0.2, 0) is 14.3 Å². The van der Waals surface area contributed by atoms with Crippen LogP contribution in [0.5, 0.6) is 0 Å². The summed E-state index contributed by atoms with van der Waals surface area (Å²) >= 11 is 0. The number of carbonyl (C=O) groups excluding carboxylic acids is 1. The van der Waals surface area contributed by atoms with Gasteiger partial charge in [-0.25, -0.2) is 4.79 Å². The third-order valence-corrected chi connectivity index (χ3v) is 2.77. The molecule has 0 radical (unpaired) electrons. The summed E-state index contributed by atoms with van der Waals surface area (Å²) in [5, 5.41) is 3.32. The SMILES string of the molecule is O=C1OCCC1OC1CCCNCC1. The zero-order valence-corrected chi connectivity index (χ0v) is 8.33. The predicted molar refractivity (Wildman–Crippen MR) is 51.0 cm³/mol. The molecule has 0 saturated carbocycles. The van der Waals surface area contributed by atoms with E-state index >= 15 is 0 Å². The van der Waals surface area contributed by atoms with Crippen LogP contribution in [0.25, 0.3) is 0 Å². The molecule has 14 heavy (non-hydrogen) atoms. The van der Waals surface area contributed by atoms with Crippen LogP contribution in [0.3, 0.4) is 0 Å². The predicted octanol–water partition coefficient (Wildman–Crippen LogP) is 0.461. The average molecular weight is 199 g/mol. The second-order valence-electron chi connectivity index (χ2n) is 3.88. The molecule has 2 rings (SSSR count). The molecule has 80 valence electrons. The zero-order valence-electron chi connectivity index (χ0n) is 8.33. The number of carbonyl (C=O) groups is 1. The van der Waals surface area contributed by atoms with E-state index in [2.05, 4.69) is 5.32 Å². The fraction of sp³-hybridized carbons (Fsp3) is 0.900. The molecule has 2 atom stereocenters. The van der Waals surface area contributed by atoms with E-state index in [9.17, 15) is 4.79 Å². The van der Waals surface area contributed by atoms with Gasteiger partial charge in [0.05, 0.1) is 12.7 Å². The van der Waals surface area contributed by atoms with Crippen molar-refractivity contribution in [2.24, 2.45) is 0 Å². The van der Waals surface area contributed by atoms with Gasteiger partial charge in [0.15, 0.2) is 6.10 Å². The third-order valence-electron chi connectivity index (χ3n) is 2.77. The molecule has 0 aromatic rings. The molecule has 4 heteroatoms. The molecule has 2 heterocycles. The zero-order chi connectivity index (χ0) is 9.80. The molecule has 0 amide bonds. The maximum absolute atomic E-state index is 11.2. The summed E-state index contributed by atoms with van der Waals surface area (Å²) in [4.78, 5) is 11.2. The maximum atomic E-state index is 11.2. The summed E-state index contributed by atoms with van der Waals surface area (Å²) in [5.41, 5.74) is 0. The minimum absolute atomic E-state index is 0.179. The Balaban J connectivity index is 1.80. The van der Waals surface area contributed by atoms with Gasteiger partial charge in [-0.3, -0.25) is 0 Å². The van der Waals surface area contributed by atoms with Gasteiger partial charge >= 0.3 is 5.97 Å². The number of rotatable bonds is 2. The Morgan fingerprint density at radius 3 is 3.00 bits per heavy atom. The fourth-order valence-electron chi connectivity index (χ4n) is 1.96. The van der Waals surface area contributed by atoms with E-state index in [1.165, 1.54) is 0 Å². The maximum Gasteiger partial charge on any atom is 0.335 e. The van der Waals surface area contributed by atoms with E-state index in [1.807, 2.05) is 0 Å². The Morgan fingerprint density at radius 1 is 1.29 bits per heavy atom. The number of cyclic esters (lactones) is 1. The number of ether oxygens (including phenoxy) is 2. The second kappa shape index (κ2) is 4.75. The minimum atomic E-state index is -0.293. The van der Waals surface area contributed by atoms with Crippen LogP contribution in [0.4, 0.5) is 0 Å². The Kier molecular flexibility index (Phi) is 3.37. The van der Waals surface area contributed by atoms with Crippen molar-refractivity contribution in [1.29, 1.82) is 0 Å². The van der Waals surface area contributed by atoms with Gasteiger partial charge in [0.25, 0.3) is 0 Å². The van der Waals surface area contributed by atoms with Gasteiger partial charge < -0.3 is 14.8 Å². The van der Waals surface area contributed by atoms with Crippen LogP contribution in [0.15, 0.2) is 0 Å². The van der Waals surface area contributed by atoms with E-state index in [-0.39, 0.29) is 18.2 Å². The van der Waals surface area contributed by atoms with E-state index in [4.69, 9.17) is 9.47 Å². The molecule has 1 N–H and O–H groups in total. The summed E-state index contributed by atoms with van der Waals surface area (Å²) in [6.45, 7) is 2.58. The highest BCUT2D eigenvalue weighted by molar-refractivity contribution is 5.76. The molecule has 0 aromatic heterocycles. The molecule has 2 fully saturated rings. The molecule has 2 aliphatic rings. The third kappa shape index (κ3) is 2.45. The summed E-state index contributed by atoms with van der Waals surface area (Å²) in [7, 11) is 0. The lowest BCUT2D eigenvalue weighted by Gasteiger charge is -2.17. The first-order valence-corrected chi connectivity index (χ1v) is 5.39. The monoisotopic (exact) mass is 199 g/mol. The topological polar surface area (TPSA) is 47.6 Å². The van der Waals surface area contributed by atoms with Crippen molar-refractivity contribution in [3.05, 3.63) is 0 Å². The fourth-order valence-corrected chi connectivity index (χ4v) is 1.96. The standard InChI is InChI=1S/C10H17NO3/c12-10-9(4-7-13-10)14-8-2-1-5-11-6-3-8/h8-9,11H,1-7H2. The van der Waals surface area contributed by atoms with Crippen LogP contribution in [0.1, 0.15) is 25.7 Å². The first-order chi connectivity index (χ1) is 6.86. The Hall–Kier alpha value is -0.610. The van der Waals surface area contributed by atoms with Gasteiger partial charge in [0.1, 0.15) is 0 Å². The van der Waals surface area contributed by atoms with E-state index in [1.54, 1.807) is 0 Å². The quantitative estimate of drug-likeness (QED) is 0.656. The average Bonchev–Trinajstić information content (AvgIpc) is 2.44. The molecule has 0 bridgehead atoms. The summed E-state index contributed by atoms with van der Waals surface area (Å²) in [5.74, 6) is -0.179. The van der Waals surface area contributed by atoms with Gasteiger partial charge in [0.2, 0.25) is 0 Å². The van der Waals surface area contributed by atoms with E-state index in [0.717, 1.165) is 38.8 Å². The number of esters is 1. The molecule has 4 nitrogen and oxygen atoms in total. The number of nitrogens with one attached hydrogen (secondary N) is 1. The Labute approximate surface area is 84.0 Å². The molecule has 0 aromatic carbocycles. The molecular weight excluding hydrogens is 182 g/mol. The highest BCUT2D eigenvalue weighted by Crippen LogP contribution is 2.17. The Bertz CT molecular complexity index is 200. The first-order valence-electron chi connectivity index (χ1n) is 5.39. The lowest BCUT2D eigenvalue weighted by atomic mass is 10.1. The van der Waals surface area contributed by atoms with Crippen LogP contribution in [-0.4, -0.2) is 37.9 Å². The number of hydrogen-bond donors (Lipinski definition) is 1. The molecule has 0 aliphatic carbocycles. The summed E-state index contributed by atoms with van der Waals surface area (Å²) < 4.78 is 10.6. The summed E-state index contributed by atoms with van der Waals surface area (Å²) in [6, 6.07) is 0. The second-order valence-corrected chi connectivity index (χ2v) is 3.88. The van der Waals surface area contributed by atoms with Gasteiger partial charge in [-0.1, -0.05) is 0 Å². The first kappa shape index (κ1) is 9.93. The van der Waals surface area contributed by atoms with Crippen molar-refractivity contribution in [2.45, 2.75) is 37.9 Å². The van der Waals surface area contributed by atoms with Gasteiger partial charge in [0, 0.05) is 6.42 Å². The lowest BCUT2D eigenvalue weighted by molar-refractivity contribution is -0.150. The smallest absolute Gasteiger partial charge is 0.335 e.